The van der Waals surface area contributed by atoms with Gasteiger partial charge in [0.15, 0.2) is 6.29 Å². The summed E-state index contributed by atoms with van der Waals surface area (Å²) in [7, 11) is 0. The molecule has 1 N–H and O–H groups in total. The lowest BCUT2D eigenvalue weighted by atomic mass is 10.0. The number of carbonyl (C=O) groups excluding carboxylic acids is 2. The fourth-order valence-corrected chi connectivity index (χ4v) is 2.69. The Morgan fingerprint density at radius 3 is 2.57 bits per heavy atom. The number of hydrogen-bond donors (Lipinski definition) is 1. The summed E-state index contributed by atoms with van der Waals surface area (Å²) in [5.41, 5.74) is 1.10. The molecule has 0 aromatic carbocycles. The van der Waals surface area contributed by atoms with Gasteiger partial charge in [-0.2, -0.15) is 0 Å². The van der Waals surface area contributed by atoms with E-state index in [9.17, 15) is 9.59 Å². The summed E-state index contributed by atoms with van der Waals surface area (Å²) in [6, 6.07) is 1.97. The quantitative estimate of drug-likeness (QED) is 0.867. The van der Waals surface area contributed by atoms with Crippen LogP contribution in [0.3, 0.4) is 0 Å². The zero-order valence-electron chi connectivity index (χ0n) is 14.3. The number of nitrogens with one attached hydrogen (secondary N) is 1. The van der Waals surface area contributed by atoms with Crippen molar-refractivity contribution in [2.75, 3.05) is 18.0 Å². The monoisotopic (exact) mass is 319 g/mol. The van der Waals surface area contributed by atoms with E-state index in [1.165, 1.54) is 0 Å². The average molecular weight is 319 g/mol. The Morgan fingerprint density at radius 2 is 2.04 bits per heavy atom. The lowest BCUT2D eigenvalue weighted by Crippen LogP contribution is -2.46. The van der Waals surface area contributed by atoms with Crippen LogP contribution >= 0.6 is 0 Å². The van der Waals surface area contributed by atoms with Gasteiger partial charge in [-0.05, 0) is 52.2 Å². The van der Waals surface area contributed by atoms with E-state index in [-0.39, 0.29) is 12.1 Å². The SMILES string of the molecule is Cc1cc(C=O)cnc1N1CCC(NC(=O)OC(C)(C)C)CC1. The molecule has 0 bridgehead atoms. The largest absolute Gasteiger partial charge is 0.444 e. The van der Waals surface area contributed by atoms with Crippen LogP contribution in [-0.4, -0.2) is 42.1 Å². The molecule has 0 saturated carbocycles. The Kier molecular flexibility index (Phi) is 5.23. The number of pyridine rings is 1. The van der Waals surface area contributed by atoms with Crippen LogP contribution in [0.25, 0.3) is 0 Å². The molecule has 1 aliphatic heterocycles. The van der Waals surface area contributed by atoms with Gasteiger partial charge >= 0.3 is 6.09 Å². The maximum atomic E-state index is 11.8. The van der Waals surface area contributed by atoms with E-state index in [1.807, 2.05) is 33.8 Å². The van der Waals surface area contributed by atoms with Gasteiger partial charge in [0.1, 0.15) is 11.4 Å². The van der Waals surface area contributed by atoms with Crippen molar-refractivity contribution in [2.45, 2.75) is 52.2 Å². The number of aromatic nitrogens is 1. The van der Waals surface area contributed by atoms with Crippen LogP contribution in [-0.2, 0) is 4.74 Å². The predicted molar refractivity (Wildman–Crippen MR) is 89.0 cm³/mol. The van der Waals surface area contributed by atoms with Crippen molar-refractivity contribution >= 4 is 18.2 Å². The highest BCUT2D eigenvalue weighted by Crippen LogP contribution is 2.22. The lowest BCUT2D eigenvalue weighted by molar-refractivity contribution is 0.0497. The van der Waals surface area contributed by atoms with Gasteiger partial charge in [0.25, 0.3) is 0 Å². The van der Waals surface area contributed by atoms with Gasteiger partial charge in [-0.15, -0.1) is 0 Å². The van der Waals surface area contributed by atoms with Gasteiger partial charge in [0.2, 0.25) is 0 Å². The van der Waals surface area contributed by atoms with Crippen LogP contribution in [0, 0.1) is 6.92 Å². The van der Waals surface area contributed by atoms with Gasteiger partial charge in [0.05, 0.1) is 0 Å². The van der Waals surface area contributed by atoms with Gasteiger partial charge in [-0.1, -0.05) is 0 Å². The first-order valence-electron chi connectivity index (χ1n) is 7.95. The highest BCUT2D eigenvalue weighted by Gasteiger charge is 2.24. The van der Waals surface area contributed by atoms with E-state index in [1.54, 1.807) is 6.20 Å². The summed E-state index contributed by atoms with van der Waals surface area (Å²) in [5.74, 6) is 0.909. The number of aldehydes is 1. The molecule has 1 amide bonds. The summed E-state index contributed by atoms with van der Waals surface area (Å²) < 4.78 is 5.29. The highest BCUT2D eigenvalue weighted by atomic mass is 16.6. The summed E-state index contributed by atoms with van der Waals surface area (Å²) in [6.07, 6.45) is 3.73. The number of ether oxygens (including phenoxy) is 1. The van der Waals surface area contributed by atoms with Crippen molar-refractivity contribution < 1.29 is 14.3 Å². The van der Waals surface area contributed by atoms with Crippen LogP contribution in [0.15, 0.2) is 12.3 Å². The first-order chi connectivity index (χ1) is 10.8. The maximum Gasteiger partial charge on any atom is 0.407 e. The third kappa shape index (κ3) is 4.94. The highest BCUT2D eigenvalue weighted by molar-refractivity contribution is 5.75. The molecule has 0 radical (unpaired) electrons. The molecular weight excluding hydrogens is 294 g/mol. The number of alkyl carbamates (subject to hydrolysis) is 1. The number of piperidine rings is 1. The Morgan fingerprint density at radius 1 is 1.39 bits per heavy atom. The van der Waals surface area contributed by atoms with E-state index in [0.717, 1.165) is 43.6 Å². The molecular formula is C17H25N3O3. The van der Waals surface area contributed by atoms with Gasteiger partial charge < -0.3 is 15.0 Å². The molecule has 0 aliphatic carbocycles. The first kappa shape index (κ1) is 17.2. The van der Waals surface area contributed by atoms with Crippen LogP contribution in [0.4, 0.5) is 10.6 Å². The average Bonchev–Trinajstić information content (AvgIpc) is 2.46. The van der Waals surface area contributed by atoms with Gasteiger partial charge in [-0.3, -0.25) is 4.79 Å². The molecule has 2 rings (SSSR count). The van der Waals surface area contributed by atoms with Crippen molar-refractivity contribution in [2.24, 2.45) is 0 Å². The van der Waals surface area contributed by atoms with Crippen LogP contribution < -0.4 is 10.2 Å². The smallest absolute Gasteiger partial charge is 0.407 e. The van der Waals surface area contributed by atoms with Crippen molar-refractivity contribution in [1.82, 2.24) is 10.3 Å². The van der Waals surface area contributed by atoms with Gasteiger partial charge in [0, 0.05) is 30.9 Å². The molecule has 1 aromatic rings. The second-order valence-corrected chi connectivity index (χ2v) is 6.93. The Labute approximate surface area is 137 Å². The van der Waals surface area contributed by atoms with Crippen LogP contribution in [0.1, 0.15) is 49.5 Å². The molecule has 126 valence electrons. The fraction of sp³-hybridized carbons (Fsp3) is 0.588. The standard InChI is InChI=1S/C17H25N3O3/c1-12-9-13(11-21)10-18-15(12)20-7-5-14(6-8-20)19-16(22)23-17(2,3)4/h9-11,14H,5-8H2,1-4H3,(H,19,22). The Balaban J connectivity index is 1.89. The molecule has 6 heteroatoms. The molecule has 1 aliphatic rings. The first-order valence-corrected chi connectivity index (χ1v) is 7.95. The zero-order chi connectivity index (χ0) is 17.0. The second kappa shape index (κ2) is 6.98. The Hall–Kier alpha value is -2.11. The summed E-state index contributed by atoms with van der Waals surface area (Å²) >= 11 is 0. The van der Waals surface area contributed by atoms with Crippen LogP contribution in [0.2, 0.25) is 0 Å². The molecule has 0 unspecified atom stereocenters. The number of amides is 1. The number of hydrogen-bond acceptors (Lipinski definition) is 5. The van der Waals surface area contributed by atoms with Crippen molar-refractivity contribution in [3.05, 3.63) is 23.4 Å². The van der Waals surface area contributed by atoms with E-state index >= 15 is 0 Å². The number of aryl methyl sites for hydroxylation is 1. The number of rotatable bonds is 3. The van der Waals surface area contributed by atoms with E-state index in [2.05, 4.69) is 15.2 Å². The molecule has 2 heterocycles. The van der Waals surface area contributed by atoms with E-state index in [0.29, 0.717) is 5.56 Å². The van der Waals surface area contributed by atoms with Crippen molar-refractivity contribution in [1.29, 1.82) is 0 Å². The van der Waals surface area contributed by atoms with Crippen molar-refractivity contribution in [3.63, 3.8) is 0 Å². The zero-order valence-corrected chi connectivity index (χ0v) is 14.3. The summed E-state index contributed by atoms with van der Waals surface area (Å²) in [4.78, 5) is 29.2. The third-order valence-electron chi connectivity index (χ3n) is 3.72. The molecule has 6 nitrogen and oxygen atoms in total. The molecule has 1 saturated heterocycles. The second-order valence-electron chi connectivity index (χ2n) is 6.93. The van der Waals surface area contributed by atoms with Gasteiger partial charge in [-0.25, -0.2) is 9.78 Å². The van der Waals surface area contributed by atoms with E-state index in [4.69, 9.17) is 4.74 Å². The number of carbonyl (C=O) groups is 2. The van der Waals surface area contributed by atoms with Crippen molar-refractivity contribution in [3.8, 4) is 0 Å². The minimum Gasteiger partial charge on any atom is -0.444 e. The van der Waals surface area contributed by atoms with E-state index < -0.39 is 5.60 Å². The summed E-state index contributed by atoms with van der Waals surface area (Å²) in [6.45, 7) is 9.15. The topological polar surface area (TPSA) is 71.5 Å². The Bertz CT molecular complexity index is 573. The molecule has 1 fully saturated rings. The molecule has 1 aromatic heterocycles. The molecule has 23 heavy (non-hydrogen) atoms. The minimum absolute atomic E-state index is 0.121. The lowest BCUT2D eigenvalue weighted by Gasteiger charge is -2.34. The van der Waals surface area contributed by atoms with Crippen LogP contribution in [0.5, 0.6) is 0 Å². The minimum atomic E-state index is -0.480. The summed E-state index contributed by atoms with van der Waals surface area (Å²) in [5, 5.41) is 2.93. The fourth-order valence-electron chi connectivity index (χ4n) is 2.69. The number of nitrogens with zero attached hydrogens (tertiary/aromatic N) is 2. The maximum absolute atomic E-state index is 11.8. The third-order valence-corrected chi connectivity index (χ3v) is 3.72. The molecule has 0 atom stereocenters. The molecule has 0 spiro atoms. The number of anilines is 1. The normalized spacial score (nSPS) is 16.1. The predicted octanol–water partition coefficient (Wildman–Crippen LogP) is 2.70.